The van der Waals surface area contributed by atoms with Crippen molar-refractivity contribution in [3.05, 3.63) is 70.8 Å². The van der Waals surface area contributed by atoms with Crippen molar-refractivity contribution in [2.75, 3.05) is 0 Å². The Kier molecular flexibility index (Phi) is 6.47. The van der Waals surface area contributed by atoms with E-state index >= 15 is 0 Å². The van der Waals surface area contributed by atoms with Crippen LogP contribution < -0.4 is 5.32 Å². The molecule has 3 amide bonds. The SMILES string of the molecule is CC(C)Cc1ccc(C(C)NC(=O)c2ccc(CN3C(=O)CCC3=O)cc2)cc1. The van der Waals surface area contributed by atoms with Crippen LogP contribution in [-0.2, 0) is 22.6 Å². The molecule has 1 heterocycles. The number of hydrogen-bond donors (Lipinski definition) is 1. The molecule has 29 heavy (non-hydrogen) atoms. The maximum absolute atomic E-state index is 12.6. The minimum Gasteiger partial charge on any atom is -0.346 e. The molecule has 1 saturated heterocycles. The Bertz CT molecular complexity index is 869. The van der Waals surface area contributed by atoms with Crippen molar-refractivity contribution < 1.29 is 14.4 Å². The molecule has 2 aromatic carbocycles. The lowest BCUT2D eigenvalue weighted by Crippen LogP contribution is -2.28. The van der Waals surface area contributed by atoms with Crippen molar-refractivity contribution in [1.82, 2.24) is 10.2 Å². The van der Waals surface area contributed by atoms with Crippen molar-refractivity contribution in [3.8, 4) is 0 Å². The number of imide groups is 1. The van der Waals surface area contributed by atoms with E-state index in [0.717, 1.165) is 17.5 Å². The highest BCUT2D eigenvalue weighted by molar-refractivity contribution is 6.01. The average molecular weight is 392 g/mol. The lowest BCUT2D eigenvalue weighted by molar-refractivity contribution is -0.139. The summed E-state index contributed by atoms with van der Waals surface area (Å²) in [6.45, 7) is 6.62. The molecule has 0 saturated carbocycles. The van der Waals surface area contributed by atoms with E-state index in [9.17, 15) is 14.4 Å². The van der Waals surface area contributed by atoms with Gasteiger partial charge >= 0.3 is 0 Å². The second kappa shape index (κ2) is 9.03. The molecule has 0 spiro atoms. The van der Waals surface area contributed by atoms with Gasteiger partial charge in [-0.05, 0) is 48.1 Å². The van der Waals surface area contributed by atoms with Crippen LogP contribution in [0.15, 0.2) is 48.5 Å². The van der Waals surface area contributed by atoms with Gasteiger partial charge in [0.15, 0.2) is 0 Å². The summed E-state index contributed by atoms with van der Waals surface area (Å²) in [5.74, 6) is 0.196. The predicted octanol–water partition coefficient (Wildman–Crippen LogP) is 4.03. The second-order valence-corrected chi connectivity index (χ2v) is 8.11. The molecule has 1 atom stereocenters. The Hall–Kier alpha value is -2.95. The molecule has 1 aliphatic heterocycles. The fourth-order valence-electron chi connectivity index (χ4n) is 3.52. The number of carbonyl (C=O) groups excluding carboxylic acids is 3. The first-order chi connectivity index (χ1) is 13.8. The summed E-state index contributed by atoms with van der Waals surface area (Å²) in [6, 6.07) is 15.3. The Balaban J connectivity index is 1.58. The first-order valence-electron chi connectivity index (χ1n) is 10.2. The van der Waals surface area contributed by atoms with E-state index in [1.54, 1.807) is 24.3 Å². The van der Waals surface area contributed by atoms with Gasteiger partial charge in [0.05, 0.1) is 12.6 Å². The first kappa shape index (κ1) is 20.8. The average Bonchev–Trinajstić information content (AvgIpc) is 3.00. The van der Waals surface area contributed by atoms with Crippen molar-refractivity contribution in [2.24, 2.45) is 5.92 Å². The Morgan fingerprint density at radius 2 is 1.45 bits per heavy atom. The number of nitrogens with zero attached hydrogens (tertiary/aromatic N) is 1. The van der Waals surface area contributed by atoms with Gasteiger partial charge in [0, 0.05) is 18.4 Å². The molecule has 0 radical (unpaired) electrons. The number of carbonyl (C=O) groups is 3. The highest BCUT2D eigenvalue weighted by atomic mass is 16.2. The highest BCUT2D eigenvalue weighted by Crippen LogP contribution is 2.18. The first-order valence-corrected chi connectivity index (χ1v) is 10.2. The van der Waals surface area contributed by atoms with E-state index < -0.39 is 0 Å². The summed E-state index contributed by atoms with van der Waals surface area (Å²) >= 11 is 0. The van der Waals surface area contributed by atoms with E-state index in [1.807, 2.05) is 6.92 Å². The summed E-state index contributed by atoms with van der Waals surface area (Å²) in [7, 11) is 0. The summed E-state index contributed by atoms with van der Waals surface area (Å²) in [5.41, 5.74) is 3.75. The molecular formula is C24H28N2O3. The predicted molar refractivity (Wildman–Crippen MR) is 112 cm³/mol. The zero-order valence-corrected chi connectivity index (χ0v) is 17.3. The van der Waals surface area contributed by atoms with E-state index in [2.05, 4.69) is 43.4 Å². The lowest BCUT2D eigenvalue weighted by atomic mass is 10.00. The number of likely N-dealkylation sites (tertiary alicyclic amines) is 1. The van der Waals surface area contributed by atoms with Gasteiger partial charge in [0.1, 0.15) is 0 Å². The molecule has 2 aromatic rings. The molecule has 3 rings (SSSR count). The van der Waals surface area contributed by atoms with E-state index in [0.29, 0.717) is 11.5 Å². The molecule has 1 N–H and O–H groups in total. The van der Waals surface area contributed by atoms with Crippen molar-refractivity contribution in [2.45, 2.75) is 52.6 Å². The van der Waals surface area contributed by atoms with Crippen LogP contribution in [0.2, 0.25) is 0 Å². The Labute approximate surface area is 172 Å². The maximum Gasteiger partial charge on any atom is 0.251 e. The summed E-state index contributed by atoms with van der Waals surface area (Å²) < 4.78 is 0. The number of rotatable bonds is 7. The van der Waals surface area contributed by atoms with E-state index in [-0.39, 0.29) is 43.1 Å². The lowest BCUT2D eigenvalue weighted by Gasteiger charge is -2.16. The minimum absolute atomic E-state index is 0.102. The fourth-order valence-corrected chi connectivity index (χ4v) is 3.52. The van der Waals surface area contributed by atoms with Crippen LogP contribution >= 0.6 is 0 Å². The molecule has 1 aliphatic rings. The monoisotopic (exact) mass is 392 g/mol. The van der Waals surface area contributed by atoms with Crippen LogP contribution in [-0.4, -0.2) is 22.6 Å². The molecule has 1 unspecified atom stereocenters. The molecule has 0 aliphatic carbocycles. The molecule has 0 bridgehead atoms. The largest absolute Gasteiger partial charge is 0.346 e. The second-order valence-electron chi connectivity index (χ2n) is 8.11. The smallest absolute Gasteiger partial charge is 0.251 e. The molecule has 1 fully saturated rings. The zero-order valence-electron chi connectivity index (χ0n) is 17.3. The Morgan fingerprint density at radius 1 is 0.897 bits per heavy atom. The summed E-state index contributed by atoms with van der Waals surface area (Å²) in [4.78, 5) is 37.3. The van der Waals surface area contributed by atoms with Crippen LogP contribution in [0, 0.1) is 5.92 Å². The quantitative estimate of drug-likeness (QED) is 0.724. The van der Waals surface area contributed by atoms with Gasteiger partial charge in [-0.2, -0.15) is 0 Å². The van der Waals surface area contributed by atoms with Crippen LogP contribution in [0.1, 0.15) is 66.7 Å². The third kappa shape index (κ3) is 5.31. The topological polar surface area (TPSA) is 66.5 Å². The number of amides is 3. The van der Waals surface area contributed by atoms with Crippen molar-refractivity contribution in [3.63, 3.8) is 0 Å². The van der Waals surface area contributed by atoms with Crippen LogP contribution in [0.5, 0.6) is 0 Å². The number of benzene rings is 2. The van der Waals surface area contributed by atoms with Gasteiger partial charge in [-0.1, -0.05) is 50.2 Å². The summed E-state index contributed by atoms with van der Waals surface area (Å²) in [5, 5.41) is 3.02. The fraction of sp³-hybridized carbons (Fsp3) is 0.375. The van der Waals surface area contributed by atoms with Crippen molar-refractivity contribution in [1.29, 1.82) is 0 Å². The van der Waals surface area contributed by atoms with Crippen LogP contribution in [0.3, 0.4) is 0 Å². The Morgan fingerprint density at radius 3 is 2.00 bits per heavy atom. The third-order valence-electron chi connectivity index (χ3n) is 5.18. The number of nitrogens with one attached hydrogen (secondary N) is 1. The molecule has 0 aromatic heterocycles. The van der Waals surface area contributed by atoms with Crippen LogP contribution in [0.25, 0.3) is 0 Å². The van der Waals surface area contributed by atoms with Gasteiger partial charge in [-0.3, -0.25) is 19.3 Å². The maximum atomic E-state index is 12.6. The molecule has 5 nitrogen and oxygen atoms in total. The zero-order chi connectivity index (χ0) is 21.0. The number of hydrogen-bond acceptors (Lipinski definition) is 3. The minimum atomic E-state index is -0.149. The highest BCUT2D eigenvalue weighted by Gasteiger charge is 2.28. The third-order valence-corrected chi connectivity index (χ3v) is 5.18. The van der Waals surface area contributed by atoms with Gasteiger partial charge in [-0.25, -0.2) is 0 Å². The van der Waals surface area contributed by atoms with Gasteiger partial charge in [0.2, 0.25) is 11.8 Å². The molecule has 152 valence electrons. The van der Waals surface area contributed by atoms with Gasteiger partial charge in [0.25, 0.3) is 5.91 Å². The molecular weight excluding hydrogens is 364 g/mol. The molecule has 5 heteroatoms. The van der Waals surface area contributed by atoms with Gasteiger partial charge < -0.3 is 5.32 Å². The van der Waals surface area contributed by atoms with E-state index in [1.165, 1.54) is 10.5 Å². The van der Waals surface area contributed by atoms with Crippen molar-refractivity contribution >= 4 is 17.7 Å². The standard InChI is InChI=1S/C24H28N2O3/c1-16(2)14-18-4-8-20(9-5-18)17(3)25-24(29)21-10-6-19(7-11-21)15-26-22(27)12-13-23(26)28/h4-11,16-17H,12-15H2,1-3H3,(H,25,29). The van der Waals surface area contributed by atoms with Gasteiger partial charge in [-0.15, -0.1) is 0 Å². The summed E-state index contributed by atoms with van der Waals surface area (Å²) in [6.07, 6.45) is 1.62. The normalized spacial score (nSPS) is 15.1. The van der Waals surface area contributed by atoms with E-state index in [4.69, 9.17) is 0 Å². The van der Waals surface area contributed by atoms with Crippen LogP contribution in [0.4, 0.5) is 0 Å².